The maximum absolute atomic E-state index is 10.8. The Labute approximate surface area is 119 Å². The van der Waals surface area contributed by atoms with Gasteiger partial charge < -0.3 is 14.4 Å². The molecule has 6 nitrogen and oxygen atoms in total. The summed E-state index contributed by atoms with van der Waals surface area (Å²) in [6, 6.07) is 6.32. The van der Waals surface area contributed by atoms with E-state index in [1.807, 2.05) is 0 Å². The van der Waals surface area contributed by atoms with Crippen LogP contribution in [0.1, 0.15) is 22.3 Å². The zero-order chi connectivity index (χ0) is 13.9. The van der Waals surface area contributed by atoms with E-state index in [-0.39, 0.29) is 11.7 Å². The van der Waals surface area contributed by atoms with Crippen LogP contribution < -0.4 is 0 Å². The van der Waals surface area contributed by atoms with E-state index in [1.165, 1.54) is 12.1 Å². The quantitative estimate of drug-likeness (QED) is 0.928. The van der Waals surface area contributed by atoms with Gasteiger partial charge in [-0.1, -0.05) is 5.16 Å². The van der Waals surface area contributed by atoms with E-state index in [0.29, 0.717) is 23.9 Å². The Morgan fingerprint density at radius 2 is 2.15 bits per heavy atom. The molecule has 0 radical (unpaired) electrons. The lowest BCUT2D eigenvalue weighted by molar-refractivity contribution is 0.0676. The van der Waals surface area contributed by atoms with E-state index in [0.717, 1.165) is 11.5 Å². The van der Waals surface area contributed by atoms with Gasteiger partial charge in [-0.25, -0.2) is 4.79 Å². The van der Waals surface area contributed by atoms with Crippen LogP contribution >= 0.6 is 11.8 Å². The number of carboxylic acids is 1. The minimum absolute atomic E-state index is 0.135. The molecule has 0 bridgehead atoms. The molecule has 2 heterocycles. The number of aromatic carboxylic acids is 1. The average molecular weight is 292 g/mol. The highest BCUT2D eigenvalue weighted by atomic mass is 32.2. The van der Waals surface area contributed by atoms with Crippen LogP contribution in [0.5, 0.6) is 0 Å². The summed E-state index contributed by atoms with van der Waals surface area (Å²) in [5, 5.41) is 12.8. The van der Waals surface area contributed by atoms with Crippen LogP contribution in [-0.4, -0.2) is 39.3 Å². The Morgan fingerprint density at radius 1 is 1.35 bits per heavy atom. The second-order valence-electron chi connectivity index (χ2n) is 4.27. The first kappa shape index (κ1) is 13.1. The zero-order valence-electron chi connectivity index (χ0n) is 10.5. The van der Waals surface area contributed by atoms with Crippen molar-refractivity contribution in [3.63, 3.8) is 0 Å². The average Bonchev–Trinajstić information content (AvgIpc) is 2.98. The maximum atomic E-state index is 10.8. The second kappa shape index (κ2) is 5.64. The molecule has 104 valence electrons. The third kappa shape index (κ3) is 2.68. The number of benzene rings is 1. The highest BCUT2D eigenvalue weighted by molar-refractivity contribution is 7.99. The molecule has 1 fully saturated rings. The normalized spacial score (nSPS) is 18.9. The predicted octanol–water partition coefficient (Wildman–Crippen LogP) is 2.24. The number of aromatic nitrogens is 2. The number of ether oxygens (including phenoxy) is 1. The topological polar surface area (TPSA) is 85.5 Å². The molecule has 1 saturated heterocycles. The van der Waals surface area contributed by atoms with Crippen LogP contribution in [0.15, 0.2) is 28.8 Å². The summed E-state index contributed by atoms with van der Waals surface area (Å²) in [6.07, 6.45) is -0.135. The minimum atomic E-state index is -0.963. The number of nitrogens with zero attached hydrogens (tertiary/aromatic N) is 2. The van der Waals surface area contributed by atoms with Crippen LogP contribution in [0.25, 0.3) is 11.5 Å². The number of rotatable bonds is 3. The van der Waals surface area contributed by atoms with Gasteiger partial charge in [0.1, 0.15) is 6.10 Å². The Balaban J connectivity index is 1.80. The van der Waals surface area contributed by atoms with Crippen molar-refractivity contribution < 1.29 is 19.2 Å². The van der Waals surface area contributed by atoms with Gasteiger partial charge in [0.15, 0.2) is 0 Å². The summed E-state index contributed by atoms with van der Waals surface area (Å²) in [4.78, 5) is 15.1. The molecule has 0 saturated carbocycles. The van der Waals surface area contributed by atoms with Crippen molar-refractivity contribution >= 4 is 17.7 Å². The molecule has 1 unspecified atom stereocenters. The van der Waals surface area contributed by atoms with Gasteiger partial charge in [-0.3, -0.25) is 0 Å². The fraction of sp³-hybridized carbons (Fsp3) is 0.308. The first-order valence-corrected chi connectivity index (χ1v) is 7.26. The summed E-state index contributed by atoms with van der Waals surface area (Å²) >= 11 is 1.80. The summed E-state index contributed by atoms with van der Waals surface area (Å²) in [6.45, 7) is 0.687. The zero-order valence-corrected chi connectivity index (χ0v) is 11.3. The molecule has 1 aromatic carbocycles. The third-order valence-corrected chi connectivity index (χ3v) is 3.92. The lowest BCUT2D eigenvalue weighted by Gasteiger charge is -2.18. The van der Waals surface area contributed by atoms with Crippen molar-refractivity contribution in [1.82, 2.24) is 10.1 Å². The minimum Gasteiger partial charge on any atom is -0.478 e. The van der Waals surface area contributed by atoms with Gasteiger partial charge in [-0.15, -0.1) is 0 Å². The smallest absolute Gasteiger partial charge is 0.335 e. The van der Waals surface area contributed by atoms with E-state index in [4.69, 9.17) is 14.4 Å². The molecule has 1 atom stereocenters. The van der Waals surface area contributed by atoms with Crippen molar-refractivity contribution in [1.29, 1.82) is 0 Å². The molecule has 1 aliphatic rings. The van der Waals surface area contributed by atoms with E-state index >= 15 is 0 Å². The lowest BCUT2D eigenvalue weighted by atomic mass is 10.1. The van der Waals surface area contributed by atoms with Gasteiger partial charge in [0, 0.05) is 17.1 Å². The Bertz CT molecular complexity index is 605. The van der Waals surface area contributed by atoms with Crippen molar-refractivity contribution in [2.24, 2.45) is 0 Å². The molecular formula is C13H12N2O4S. The Morgan fingerprint density at radius 3 is 2.80 bits per heavy atom. The first-order chi connectivity index (χ1) is 9.74. The highest BCUT2D eigenvalue weighted by Crippen LogP contribution is 2.26. The first-order valence-electron chi connectivity index (χ1n) is 6.11. The fourth-order valence-electron chi connectivity index (χ4n) is 1.88. The highest BCUT2D eigenvalue weighted by Gasteiger charge is 2.22. The van der Waals surface area contributed by atoms with E-state index < -0.39 is 5.97 Å². The van der Waals surface area contributed by atoms with Crippen molar-refractivity contribution in [2.75, 3.05) is 18.1 Å². The maximum Gasteiger partial charge on any atom is 0.335 e. The summed E-state index contributed by atoms with van der Waals surface area (Å²) in [7, 11) is 0. The lowest BCUT2D eigenvalue weighted by Crippen LogP contribution is -2.16. The molecule has 20 heavy (non-hydrogen) atoms. The van der Waals surface area contributed by atoms with Gasteiger partial charge in [-0.05, 0) is 24.3 Å². The Kier molecular flexibility index (Phi) is 3.70. The molecule has 1 aromatic heterocycles. The van der Waals surface area contributed by atoms with Crippen LogP contribution in [-0.2, 0) is 4.74 Å². The Hall–Kier alpha value is -1.86. The number of carbonyl (C=O) groups is 1. The number of hydrogen-bond acceptors (Lipinski definition) is 6. The molecule has 1 aliphatic heterocycles. The molecule has 0 amide bonds. The monoisotopic (exact) mass is 292 g/mol. The molecule has 2 aromatic rings. The molecular weight excluding hydrogens is 280 g/mol. The number of thioether (sulfide) groups is 1. The molecule has 0 spiro atoms. The molecule has 7 heteroatoms. The fourth-order valence-corrected chi connectivity index (χ4v) is 2.72. The van der Waals surface area contributed by atoms with Crippen LogP contribution in [0.2, 0.25) is 0 Å². The summed E-state index contributed by atoms with van der Waals surface area (Å²) in [5.74, 6) is 1.75. The van der Waals surface area contributed by atoms with Crippen molar-refractivity contribution in [3.05, 3.63) is 35.7 Å². The van der Waals surface area contributed by atoms with Crippen molar-refractivity contribution in [2.45, 2.75) is 6.10 Å². The van der Waals surface area contributed by atoms with Crippen LogP contribution in [0.3, 0.4) is 0 Å². The second-order valence-corrected chi connectivity index (χ2v) is 5.42. The third-order valence-electron chi connectivity index (χ3n) is 2.92. The van der Waals surface area contributed by atoms with E-state index in [2.05, 4.69) is 10.1 Å². The van der Waals surface area contributed by atoms with Gasteiger partial charge >= 0.3 is 5.97 Å². The SMILES string of the molecule is O=C(O)c1ccc(-c2nc(C3CSCCO3)no2)cc1. The number of hydrogen-bond donors (Lipinski definition) is 1. The molecule has 0 aliphatic carbocycles. The van der Waals surface area contributed by atoms with Gasteiger partial charge in [0.05, 0.1) is 12.2 Å². The van der Waals surface area contributed by atoms with Crippen LogP contribution in [0, 0.1) is 0 Å². The standard InChI is InChI=1S/C13H12N2O4S/c16-13(17)9-3-1-8(2-4-9)12-14-11(15-19-12)10-7-20-6-5-18-10/h1-4,10H,5-7H2,(H,16,17). The summed E-state index contributed by atoms with van der Waals surface area (Å²) < 4.78 is 10.8. The molecule has 1 N–H and O–H groups in total. The van der Waals surface area contributed by atoms with Gasteiger partial charge in [0.25, 0.3) is 5.89 Å². The van der Waals surface area contributed by atoms with Crippen molar-refractivity contribution in [3.8, 4) is 11.5 Å². The van der Waals surface area contributed by atoms with Gasteiger partial charge in [0.2, 0.25) is 5.82 Å². The van der Waals surface area contributed by atoms with Crippen LogP contribution in [0.4, 0.5) is 0 Å². The molecule has 3 rings (SSSR count). The summed E-state index contributed by atoms with van der Waals surface area (Å²) in [5.41, 5.74) is 0.915. The predicted molar refractivity (Wildman–Crippen MR) is 72.7 cm³/mol. The largest absolute Gasteiger partial charge is 0.478 e. The van der Waals surface area contributed by atoms with Gasteiger partial charge in [-0.2, -0.15) is 16.7 Å². The van der Waals surface area contributed by atoms with E-state index in [9.17, 15) is 4.79 Å². The van der Waals surface area contributed by atoms with E-state index in [1.54, 1.807) is 23.9 Å². The number of carboxylic acid groups (broad SMARTS) is 1.